The van der Waals surface area contributed by atoms with Crippen LogP contribution in [0.15, 0.2) is 64.9 Å². The summed E-state index contributed by atoms with van der Waals surface area (Å²) in [7, 11) is -3.70. The van der Waals surface area contributed by atoms with Gasteiger partial charge in [0.2, 0.25) is 0 Å². The van der Waals surface area contributed by atoms with Crippen molar-refractivity contribution in [3.8, 4) is 0 Å². The van der Waals surface area contributed by atoms with Gasteiger partial charge in [-0.05, 0) is 54.8 Å². The van der Waals surface area contributed by atoms with Gasteiger partial charge in [0.05, 0.1) is 10.5 Å². The van der Waals surface area contributed by atoms with Crippen LogP contribution in [0, 0.1) is 6.92 Å². The summed E-state index contributed by atoms with van der Waals surface area (Å²) in [5.74, 6) is -0.197. The number of anilines is 2. The van der Waals surface area contributed by atoms with Crippen molar-refractivity contribution in [2.45, 2.75) is 11.8 Å². The first-order valence-electron chi connectivity index (χ1n) is 8.23. The second kappa shape index (κ2) is 6.68. The minimum atomic E-state index is -3.70. The number of benzene rings is 2. The highest BCUT2D eigenvalue weighted by Gasteiger charge is 2.25. The van der Waals surface area contributed by atoms with Gasteiger partial charge in [-0.2, -0.15) is 0 Å². The summed E-state index contributed by atoms with van der Waals surface area (Å²) < 4.78 is 27.8. The smallest absolute Gasteiger partial charge is 0.261 e. The Balaban J connectivity index is 1.68. The quantitative estimate of drug-likeness (QED) is 0.644. The van der Waals surface area contributed by atoms with Crippen LogP contribution in [0.5, 0.6) is 0 Å². The van der Waals surface area contributed by atoms with Crippen molar-refractivity contribution in [3.05, 3.63) is 76.0 Å². The van der Waals surface area contributed by atoms with E-state index >= 15 is 0 Å². The van der Waals surface area contributed by atoms with Crippen molar-refractivity contribution in [1.29, 1.82) is 0 Å². The Labute approximate surface area is 161 Å². The number of hydrogen-bond acceptors (Lipinski definition) is 4. The van der Waals surface area contributed by atoms with Gasteiger partial charge < -0.3 is 5.32 Å². The number of nitrogens with one attached hydrogen (secondary N) is 2. The lowest BCUT2D eigenvalue weighted by atomic mass is 10.1. The molecule has 1 aliphatic rings. The van der Waals surface area contributed by atoms with E-state index in [2.05, 4.69) is 10.0 Å². The lowest BCUT2D eigenvalue weighted by Crippen LogP contribution is -2.12. The molecule has 0 atom stereocenters. The average molecular weight is 396 g/mol. The molecule has 2 N–H and O–H groups in total. The highest BCUT2D eigenvalue weighted by atomic mass is 32.2. The van der Waals surface area contributed by atoms with Crippen molar-refractivity contribution < 1.29 is 13.2 Å². The van der Waals surface area contributed by atoms with E-state index in [-0.39, 0.29) is 10.8 Å². The maximum absolute atomic E-state index is 12.6. The van der Waals surface area contributed by atoms with Crippen molar-refractivity contribution in [1.82, 2.24) is 0 Å². The Bertz CT molecular complexity index is 1150. The summed E-state index contributed by atoms with van der Waals surface area (Å²) >= 11 is 1.53. The molecule has 0 unspecified atom stereocenters. The molecule has 1 amide bonds. The normalized spacial score (nSPS) is 14.9. The Morgan fingerprint density at radius 2 is 1.85 bits per heavy atom. The van der Waals surface area contributed by atoms with Gasteiger partial charge >= 0.3 is 0 Å². The van der Waals surface area contributed by atoms with Crippen molar-refractivity contribution in [2.75, 3.05) is 10.0 Å². The van der Waals surface area contributed by atoms with E-state index in [0.29, 0.717) is 22.5 Å². The van der Waals surface area contributed by atoms with Crippen LogP contribution in [0.25, 0.3) is 11.6 Å². The van der Waals surface area contributed by atoms with Gasteiger partial charge in [0.1, 0.15) is 0 Å². The monoisotopic (exact) mass is 396 g/mol. The topological polar surface area (TPSA) is 75.3 Å². The molecule has 1 aromatic heterocycles. The van der Waals surface area contributed by atoms with E-state index in [1.165, 1.54) is 11.3 Å². The number of amides is 1. The number of rotatable bonds is 4. The molecule has 5 nitrogen and oxygen atoms in total. The predicted molar refractivity (Wildman–Crippen MR) is 109 cm³/mol. The molecule has 136 valence electrons. The molecular weight excluding hydrogens is 380 g/mol. The SMILES string of the molecule is Cc1ccc(S(=O)(=O)Nc2ccc3c(c2)/C(=C\c2cccs2)C(=O)N3)cc1. The number of carbonyl (C=O) groups is 1. The maximum Gasteiger partial charge on any atom is 0.261 e. The standard InChI is InChI=1S/C20H16N2O3S2/c1-13-4-7-16(8-5-13)27(24,25)22-14-6-9-19-17(11-14)18(20(23)21-19)12-15-3-2-10-26-15/h2-12,22H,1H3,(H,21,23)/b18-12+. The van der Waals surface area contributed by atoms with E-state index in [0.717, 1.165) is 10.4 Å². The van der Waals surface area contributed by atoms with Crippen molar-refractivity contribution in [2.24, 2.45) is 0 Å². The third-order valence-corrected chi connectivity index (χ3v) is 6.43. The van der Waals surface area contributed by atoms with Gasteiger partial charge in [0.25, 0.3) is 15.9 Å². The minimum absolute atomic E-state index is 0.192. The molecule has 0 fully saturated rings. The third-order valence-electron chi connectivity index (χ3n) is 4.22. The number of hydrogen-bond donors (Lipinski definition) is 2. The molecule has 2 heterocycles. The first-order chi connectivity index (χ1) is 12.9. The van der Waals surface area contributed by atoms with Crippen LogP contribution < -0.4 is 10.0 Å². The number of sulfonamides is 1. The summed E-state index contributed by atoms with van der Waals surface area (Å²) in [6.07, 6.45) is 1.81. The molecule has 1 aliphatic heterocycles. The zero-order valence-electron chi connectivity index (χ0n) is 14.4. The molecule has 3 aromatic rings. The Morgan fingerprint density at radius 3 is 2.56 bits per heavy atom. The van der Waals surface area contributed by atoms with Crippen LogP contribution in [-0.2, 0) is 14.8 Å². The summed E-state index contributed by atoms with van der Waals surface area (Å²) in [4.78, 5) is 13.4. The van der Waals surface area contributed by atoms with Gasteiger partial charge in [-0.1, -0.05) is 23.8 Å². The average Bonchev–Trinajstić information content (AvgIpc) is 3.24. The second-order valence-electron chi connectivity index (χ2n) is 6.21. The van der Waals surface area contributed by atoms with Gasteiger partial charge in [0.15, 0.2) is 0 Å². The van der Waals surface area contributed by atoms with Crippen LogP contribution in [0.4, 0.5) is 11.4 Å². The first-order valence-corrected chi connectivity index (χ1v) is 10.6. The van der Waals surface area contributed by atoms with Crippen LogP contribution in [-0.4, -0.2) is 14.3 Å². The fourth-order valence-electron chi connectivity index (χ4n) is 2.84. The Morgan fingerprint density at radius 1 is 1.07 bits per heavy atom. The summed E-state index contributed by atoms with van der Waals surface area (Å²) in [5, 5.41) is 4.74. The van der Waals surface area contributed by atoms with Gasteiger partial charge in [-0.15, -0.1) is 11.3 Å². The lowest BCUT2D eigenvalue weighted by Gasteiger charge is -2.10. The van der Waals surface area contributed by atoms with Gasteiger partial charge in [-0.25, -0.2) is 8.42 Å². The molecule has 7 heteroatoms. The van der Waals surface area contributed by atoms with Crippen molar-refractivity contribution in [3.63, 3.8) is 0 Å². The Hall–Kier alpha value is -2.90. The summed E-state index contributed by atoms with van der Waals surface area (Å²) in [6.45, 7) is 1.90. The van der Waals surface area contributed by atoms with Gasteiger partial charge in [0, 0.05) is 21.8 Å². The maximum atomic E-state index is 12.6. The fourth-order valence-corrected chi connectivity index (χ4v) is 4.55. The van der Waals surface area contributed by atoms with Gasteiger partial charge in [-0.3, -0.25) is 9.52 Å². The molecule has 0 spiro atoms. The van der Waals surface area contributed by atoms with E-state index < -0.39 is 10.0 Å². The third kappa shape index (κ3) is 3.51. The molecule has 0 saturated heterocycles. The first kappa shape index (κ1) is 17.5. The zero-order valence-corrected chi connectivity index (χ0v) is 16.0. The van der Waals surface area contributed by atoms with Crippen LogP contribution in [0.3, 0.4) is 0 Å². The fraction of sp³-hybridized carbons (Fsp3) is 0.0500. The molecule has 0 saturated carbocycles. The highest BCUT2D eigenvalue weighted by Crippen LogP contribution is 2.36. The number of thiophene rings is 1. The molecule has 0 bridgehead atoms. The van der Waals surface area contributed by atoms with Crippen LogP contribution in [0.1, 0.15) is 16.0 Å². The van der Waals surface area contributed by atoms with Crippen LogP contribution in [0.2, 0.25) is 0 Å². The van der Waals surface area contributed by atoms with Crippen molar-refractivity contribution >= 4 is 50.3 Å². The molecule has 27 heavy (non-hydrogen) atoms. The molecular formula is C20H16N2O3S2. The predicted octanol–water partition coefficient (Wildman–Crippen LogP) is 4.35. The molecule has 0 radical (unpaired) electrons. The Kier molecular flexibility index (Phi) is 4.33. The summed E-state index contributed by atoms with van der Waals surface area (Å²) in [6, 6.07) is 15.5. The second-order valence-corrected chi connectivity index (χ2v) is 8.87. The van der Waals surface area contributed by atoms with Crippen LogP contribution >= 0.6 is 11.3 Å². The van der Waals surface area contributed by atoms with E-state index in [9.17, 15) is 13.2 Å². The summed E-state index contributed by atoms with van der Waals surface area (Å²) in [5.41, 5.74) is 3.25. The lowest BCUT2D eigenvalue weighted by molar-refractivity contribution is -0.110. The van der Waals surface area contributed by atoms with E-state index in [1.807, 2.05) is 30.5 Å². The molecule has 0 aliphatic carbocycles. The molecule has 2 aromatic carbocycles. The zero-order chi connectivity index (χ0) is 19.0. The number of carbonyl (C=O) groups excluding carboxylic acids is 1. The van der Waals surface area contributed by atoms with E-state index in [1.54, 1.807) is 42.5 Å². The van der Waals surface area contributed by atoms with E-state index in [4.69, 9.17) is 0 Å². The minimum Gasteiger partial charge on any atom is -0.321 e. The highest BCUT2D eigenvalue weighted by molar-refractivity contribution is 7.92. The largest absolute Gasteiger partial charge is 0.321 e. The molecule has 4 rings (SSSR count). The number of aryl methyl sites for hydroxylation is 1. The number of fused-ring (bicyclic) bond motifs is 1.